The second kappa shape index (κ2) is 9.61. The van der Waals surface area contributed by atoms with Crippen LogP contribution in [0.5, 0.6) is 0 Å². The first kappa shape index (κ1) is 24.8. The zero-order valence-electron chi connectivity index (χ0n) is 24.3. The van der Waals surface area contributed by atoms with E-state index in [0.29, 0.717) is 0 Å². The van der Waals surface area contributed by atoms with Gasteiger partial charge in [-0.25, -0.2) is 4.98 Å². The third-order valence-corrected chi connectivity index (χ3v) is 8.92. The predicted octanol–water partition coefficient (Wildman–Crippen LogP) is 9.68. The van der Waals surface area contributed by atoms with Crippen molar-refractivity contribution in [3.8, 4) is 5.82 Å². The Balaban J connectivity index is 1.28. The quantitative estimate of drug-likeness (QED) is 0.212. The molecule has 0 saturated heterocycles. The van der Waals surface area contributed by atoms with Crippen LogP contribution in [0.15, 0.2) is 134 Å². The van der Waals surface area contributed by atoms with Crippen molar-refractivity contribution >= 4 is 68.1 Å². The van der Waals surface area contributed by atoms with Gasteiger partial charge in [-0.15, -0.1) is 0 Å². The lowest BCUT2D eigenvalue weighted by atomic mass is 10.1. The first-order valence-electron chi connectivity index (χ1n) is 15.0. The van der Waals surface area contributed by atoms with Gasteiger partial charge in [0.2, 0.25) is 0 Å². The fraction of sp³-hybridized carbons (Fsp3) is 0.0513. The van der Waals surface area contributed by atoms with Crippen molar-refractivity contribution in [1.29, 1.82) is 0 Å². The van der Waals surface area contributed by atoms with Crippen molar-refractivity contribution in [2.75, 3.05) is 28.4 Å². The van der Waals surface area contributed by atoms with Crippen molar-refractivity contribution in [2.45, 2.75) is 0 Å². The van der Waals surface area contributed by atoms with E-state index in [1.54, 1.807) is 0 Å². The standard InChI is InChI=1S/C39H29N5/c1-41-26-42(36-15-7-6-14-35(36)41)29-20-19-28-18-17-27-10-2-4-12-33(27)43(37(28)24-29)30-21-22-32-31-11-3-5-13-34(31)44(38(32)25-30)39-16-8-9-23-40-39/h2-25H,26H2,1H3. The fourth-order valence-electron chi connectivity index (χ4n) is 6.89. The number of para-hydroxylation sites is 4. The minimum Gasteiger partial charge on any atom is -0.355 e. The summed E-state index contributed by atoms with van der Waals surface area (Å²) >= 11 is 0. The Morgan fingerprint density at radius 1 is 0.545 bits per heavy atom. The molecule has 0 bridgehead atoms. The smallest absolute Gasteiger partial charge is 0.137 e. The molecule has 0 fully saturated rings. The van der Waals surface area contributed by atoms with Gasteiger partial charge in [-0.05, 0) is 71.8 Å². The van der Waals surface area contributed by atoms with Crippen LogP contribution < -0.4 is 14.7 Å². The van der Waals surface area contributed by atoms with Gasteiger partial charge in [0.15, 0.2) is 0 Å². The van der Waals surface area contributed by atoms with Crippen molar-refractivity contribution in [1.82, 2.24) is 9.55 Å². The van der Waals surface area contributed by atoms with E-state index in [1.807, 2.05) is 12.3 Å². The molecule has 0 N–H and O–H groups in total. The van der Waals surface area contributed by atoms with E-state index in [0.717, 1.165) is 40.6 Å². The number of aromatic nitrogens is 2. The van der Waals surface area contributed by atoms with Crippen LogP contribution in [0.1, 0.15) is 11.1 Å². The molecule has 0 unspecified atom stereocenters. The van der Waals surface area contributed by atoms with Gasteiger partial charge in [0.25, 0.3) is 0 Å². The summed E-state index contributed by atoms with van der Waals surface area (Å²) in [7, 11) is 2.16. The second-order valence-corrected chi connectivity index (χ2v) is 11.5. The molecule has 0 amide bonds. The third kappa shape index (κ3) is 3.69. The number of fused-ring (bicyclic) bond motifs is 6. The number of hydrogen-bond donors (Lipinski definition) is 0. The summed E-state index contributed by atoms with van der Waals surface area (Å²) in [5, 5.41) is 2.43. The average Bonchev–Trinajstić information content (AvgIpc) is 3.53. The van der Waals surface area contributed by atoms with Crippen LogP contribution in [-0.4, -0.2) is 23.3 Å². The molecule has 2 aliphatic rings. The Kier molecular flexibility index (Phi) is 5.41. The van der Waals surface area contributed by atoms with Crippen molar-refractivity contribution in [3.05, 3.63) is 145 Å². The van der Waals surface area contributed by atoms with Crippen LogP contribution in [-0.2, 0) is 0 Å². The molecule has 0 radical (unpaired) electrons. The maximum atomic E-state index is 4.76. The summed E-state index contributed by atoms with van der Waals surface area (Å²) in [4.78, 5) is 11.9. The van der Waals surface area contributed by atoms with E-state index in [2.05, 4.69) is 160 Å². The normalized spacial score (nSPS) is 13.7. The van der Waals surface area contributed by atoms with Crippen LogP contribution >= 0.6 is 0 Å². The van der Waals surface area contributed by atoms with Crippen molar-refractivity contribution in [3.63, 3.8) is 0 Å². The van der Waals surface area contributed by atoms with E-state index < -0.39 is 0 Å². The van der Waals surface area contributed by atoms with Gasteiger partial charge in [-0.3, -0.25) is 4.57 Å². The average molecular weight is 568 g/mol. The molecule has 210 valence electrons. The molecule has 5 heteroatoms. The highest BCUT2D eigenvalue weighted by molar-refractivity contribution is 6.10. The van der Waals surface area contributed by atoms with Crippen LogP contribution in [0.4, 0.5) is 34.1 Å². The Morgan fingerprint density at radius 2 is 1.25 bits per heavy atom. The first-order valence-corrected chi connectivity index (χ1v) is 15.0. The number of rotatable bonds is 3. The topological polar surface area (TPSA) is 27.5 Å². The summed E-state index contributed by atoms with van der Waals surface area (Å²) in [5.41, 5.74) is 11.7. The van der Waals surface area contributed by atoms with Crippen LogP contribution in [0.25, 0.3) is 39.8 Å². The van der Waals surface area contributed by atoms with Gasteiger partial charge >= 0.3 is 0 Å². The lowest BCUT2D eigenvalue weighted by Crippen LogP contribution is -2.24. The van der Waals surface area contributed by atoms with E-state index >= 15 is 0 Å². The third-order valence-electron chi connectivity index (χ3n) is 8.92. The maximum absolute atomic E-state index is 4.76. The number of hydrogen-bond acceptors (Lipinski definition) is 4. The summed E-state index contributed by atoms with van der Waals surface area (Å²) in [6.07, 6.45) is 6.34. The molecule has 5 aromatic carbocycles. The second-order valence-electron chi connectivity index (χ2n) is 11.5. The molecule has 2 aliphatic heterocycles. The Hall–Kier alpha value is -5.81. The van der Waals surface area contributed by atoms with Crippen LogP contribution in [0.2, 0.25) is 0 Å². The molecular weight excluding hydrogens is 538 g/mol. The van der Waals surface area contributed by atoms with E-state index in [4.69, 9.17) is 4.98 Å². The maximum Gasteiger partial charge on any atom is 0.137 e. The van der Waals surface area contributed by atoms with E-state index in [-0.39, 0.29) is 0 Å². The minimum absolute atomic E-state index is 0.806. The first-order chi connectivity index (χ1) is 21.7. The zero-order chi connectivity index (χ0) is 29.2. The van der Waals surface area contributed by atoms with Crippen LogP contribution in [0, 0.1) is 0 Å². The molecule has 0 aliphatic carbocycles. The highest BCUT2D eigenvalue weighted by atomic mass is 15.4. The predicted molar refractivity (Wildman–Crippen MR) is 184 cm³/mol. The number of benzene rings is 5. The number of pyridine rings is 1. The molecule has 7 aromatic rings. The van der Waals surface area contributed by atoms with Gasteiger partial charge in [-0.2, -0.15) is 0 Å². The van der Waals surface area contributed by atoms with Crippen molar-refractivity contribution in [2.24, 2.45) is 0 Å². The lowest BCUT2D eigenvalue weighted by molar-refractivity contribution is 0.949. The highest BCUT2D eigenvalue weighted by Gasteiger charge is 2.27. The van der Waals surface area contributed by atoms with Crippen LogP contribution in [0.3, 0.4) is 0 Å². The summed E-state index contributed by atoms with van der Waals surface area (Å²) in [6.45, 7) is 0.806. The lowest BCUT2D eigenvalue weighted by Gasteiger charge is -2.29. The SMILES string of the molecule is CN1CN(c2ccc3c(c2)N(c2ccc4c5ccccc5n(-c5ccccn5)c4c2)c2ccccc2C=C3)c2ccccc21. The molecule has 44 heavy (non-hydrogen) atoms. The van der Waals surface area contributed by atoms with Gasteiger partial charge < -0.3 is 14.7 Å². The molecule has 4 heterocycles. The number of nitrogens with zero attached hydrogens (tertiary/aromatic N) is 5. The molecule has 0 atom stereocenters. The molecule has 0 saturated carbocycles. The van der Waals surface area contributed by atoms with E-state index in [1.165, 1.54) is 39.0 Å². The Bertz CT molecular complexity index is 2250. The van der Waals surface area contributed by atoms with Crippen molar-refractivity contribution < 1.29 is 0 Å². The molecule has 0 spiro atoms. The molecule has 5 nitrogen and oxygen atoms in total. The van der Waals surface area contributed by atoms with Gasteiger partial charge in [0.1, 0.15) is 5.82 Å². The molecule has 2 aromatic heterocycles. The fourth-order valence-corrected chi connectivity index (χ4v) is 6.89. The largest absolute Gasteiger partial charge is 0.355 e. The monoisotopic (exact) mass is 567 g/mol. The molecule has 9 rings (SSSR count). The Labute approximate surface area is 256 Å². The zero-order valence-corrected chi connectivity index (χ0v) is 24.3. The summed E-state index contributed by atoms with van der Waals surface area (Å²) in [5.74, 6) is 0.910. The van der Waals surface area contributed by atoms with Gasteiger partial charge in [0, 0.05) is 35.4 Å². The van der Waals surface area contributed by atoms with Gasteiger partial charge in [-0.1, -0.05) is 78.9 Å². The van der Waals surface area contributed by atoms with Gasteiger partial charge in [0.05, 0.1) is 40.5 Å². The number of anilines is 6. The van der Waals surface area contributed by atoms with E-state index in [9.17, 15) is 0 Å². The minimum atomic E-state index is 0.806. The highest BCUT2D eigenvalue weighted by Crippen LogP contribution is 2.47. The summed E-state index contributed by atoms with van der Waals surface area (Å²) < 4.78 is 2.28. The summed E-state index contributed by atoms with van der Waals surface area (Å²) in [6, 6.07) is 45.7. The Morgan fingerprint density at radius 3 is 2.11 bits per heavy atom. The molecular formula is C39H29N5.